The molecule has 3 heterocycles. The van der Waals surface area contributed by atoms with Crippen molar-refractivity contribution in [2.75, 3.05) is 18.5 Å². The van der Waals surface area contributed by atoms with Crippen LogP contribution in [0.15, 0.2) is 79.6 Å². The van der Waals surface area contributed by atoms with Crippen molar-refractivity contribution >= 4 is 15.7 Å². The van der Waals surface area contributed by atoms with E-state index >= 15 is 0 Å². The van der Waals surface area contributed by atoms with Crippen LogP contribution in [0.1, 0.15) is 11.3 Å². The summed E-state index contributed by atoms with van der Waals surface area (Å²) in [5.41, 5.74) is 1.74. The molecular formula is C23H20N2O6S. The number of aryl methyl sites for hydroxylation is 1. The van der Waals surface area contributed by atoms with Crippen LogP contribution in [0.25, 0.3) is 11.5 Å². The third-order valence-electron chi connectivity index (χ3n) is 4.98. The van der Waals surface area contributed by atoms with E-state index in [1.165, 1.54) is 12.1 Å². The zero-order chi connectivity index (χ0) is 22.1. The van der Waals surface area contributed by atoms with Gasteiger partial charge in [0, 0.05) is 11.6 Å². The Morgan fingerprint density at radius 1 is 1.00 bits per heavy atom. The van der Waals surface area contributed by atoms with Crippen molar-refractivity contribution in [3.8, 4) is 23.0 Å². The average Bonchev–Trinajstić information content (AvgIpc) is 3.48. The summed E-state index contributed by atoms with van der Waals surface area (Å²) in [6.45, 7) is 2.98. The van der Waals surface area contributed by atoms with Crippen molar-refractivity contribution in [1.82, 2.24) is 4.98 Å². The summed E-state index contributed by atoms with van der Waals surface area (Å²) >= 11 is 0. The van der Waals surface area contributed by atoms with E-state index in [-0.39, 0.29) is 28.2 Å². The number of ether oxygens (including phenoxy) is 2. The van der Waals surface area contributed by atoms with Crippen molar-refractivity contribution in [3.05, 3.63) is 72.2 Å². The lowest BCUT2D eigenvalue weighted by Gasteiger charge is -2.18. The average molecular weight is 452 g/mol. The Balaban J connectivity index is 1.56. The summed E-state index contributed by atoms with van der Waals surface area (Å²) < 4.78 is 49.3. The Morgan fingerprint density at radius 3 is 2.53 bits per heavy atom. The van der Waals surface area contributed by atoms with E-state index < -0.39 is 9.84 Å². The molecule has 0 aliphatic carbocycles. The molecule has 0 atom stereocenters. The molecule has 4 aromatic rings. The third kappa shape index (κ3) is 3.82. The van der Waals surface area contributed by atoms with Gasteiger partial charge in [-0.15, -0.1) is 0 Å². The van der Waals surface area contributed by atoms with Crippen LogP contribution in [-0.2, 0) is 16.4 Å². The van der Waals surface area contributed by atoms with Gasteiger partial charge < -0.3 is 23.6 Å². The molecule has 0 amide bonds. The summed E-state index contributed by atoms with van der Waals surface area (Å²) in [4.78, 5) is 4.38. The van der Waals surface area contributed by atoms with Crippen LogP contribution in [0.3, 0.4) is 0 Å². The predicted molar refractivity (Wildman–Crippen MR) is 116 cm³/mol. The Morgan fingerprint density at radius 2 is 1.78 bits per heavy atom. The van der Waals surface area contributed by atoms with Gasteiger partial charge in [-0.2, -0.15) is 4.98 Å². The first-order chi connectivity index (χ1) is 15.5. The van der Waals surface area contributed by atoms with Crippen molar-refractivity contribution in [1.29, 1.82) is 0 Å². The first-order valence-corrected chi connectivity index (χ1v) is 11.5. The first kappa shape index (κ1) is 20.2. The lowest BCUT2D eigenvalue weighted by atomic mass is 10.1. The van der Waals surface area contributed by atoms with E-state index in [9.17, 15) is 8.42 Å². The number of oxazole rings is 1. The molecule has 0 radical (unpaired) electrons. The van der Waals surface area contributed by atoms with Crippen molar-refractivity contribution in [2.45, 2.75) is 23.4 Å². The molecule has 2 aromatic heterocycles. The largest absolute Gasteiger partial charge is 0.486 e. The molecule has 5 rings (SSSR count). The van der Waals surface area contributed by atoms with E-state index in [2.05, 4.69) is 10.3 Å². The van der Waals surface area contributed by atoms with E-state index in [0.717, 1.165) is 5.56 Å². The highest BCUT2D eigenvalue weighted by Gasteiger charge is 2.30. The molecule has 2 aromatic carbocycles. The SMILES string of the molecule is Cc1ccc(-c2nc(S(=O)(=O)c3ccc4c(c3)OCCO4)c(NCc3ccco3)o2)cc1. The second-order valence-electron chi connectivity index (χ2n) is 7.26. The number of aromatic nitrogens is 1. The molecule has 1 aliphatic rings. The van der Waals surface area contributed by atoms with E-state index in [4.69, 9.17) is 18.3 Å². The van der Waals surface area contributed by atoms with Crippen LogP contribution < -0.4 is 14.8 Å². The quantitative estimate of drug-likeness (QED) is 0.457. The van der Waals surface area contributed by atoms with Gasteiger partial charge in [0.05, 0.1) is 17.7 Å². The number of nitrogens with zero attached hydrogens (tertiary/aromatic N) is 1. The van der Waals surface area contributed by atoms with Crippen LogP contribution >= 0.6 is 0 Å². The smallest absolute Gasteiger partial charge is 0.234 e. The molecule has 9 heteroatoms. The number of sulfone groups is 1. The van der Waals surface area contributed by atoms with Crippen LogP contribution in [-0.4, -0.2) is 26.6 Å². The number of hydrogen-bond donors (Lipinski definition) is 1. The highest BCUT2D eigenvalue weighted by atomic mass is 32.2. The van der Waals surface area contributed by atoms with Crippen molar-refractivity contribution in [3.63, 3.8) is 0 Å². The van der Waals surface area contributed by atoms with Gasteiger partial charge in [-0.25, -0.2) is 8.42 Å². The van der Waals surface area contributed by atoms with Gasteiger partial charge in [-0.1, -0.05) is 17.7 Å². The van der Waals surface area contributed by atoms with E-state index in [1.54, 1.807) is 24.5 Å². The standard InChI is InChI=1S/C23H20N2O6S/c1-15-4-6-16(7-5-15)21-25-23(22(31-21)24-14-17-3-2-10-28-17)32(26,27)18-8-9-19-20(13-18)30-12-11-29-19/h2-10,13,24H,11-12,14H2,1H3. The van der Waals surface area contributed by atoms with Crippen LogP contribution in [0, 0.1) is 6.92 Å². The monoisotopic (exact) mass is 452 g/mol. The Bertz CT molecular complexity index is 1340. The van der Waals surface area contributed by atoms with Gasteiger partial charge >= 0.3 is 0 Å². The summed E-state index contributed by atoms with van der Waals surface area (Å²) in [7, 11) is -4.02. The minimum absolute atomic E-state index is 0.0338. The van der Waals surface area contributed by atoms with Crippen LogP contribution in [0.2, 0.25) is 0 Å². The number of hydrogen-bond acceptors (Lipinski definition) is 8. The molecule has 1 N–H and O–H groups in total. The number of rotatable bonds is 6. The molecule has 32 heavy (non-hydrogen) atoms. The second kappa shape index (κ2) is 8.08. The molecule has 0 bridgehead atoms. The highest BCUT2D eigenvalue weighted by Crippen LogP contribution is 2.37. The summed E-state index contributed by atoms with van der Waals surface area (Å²) in [6.07, 6.45) is 1.54. The Labute approximate surface area is 184 Å². The fourth-order valence-corrected chi connectivity index (χ4v) is 4.60. The van der Waals surface area contributed by atoms with Gasteiger partial charge in [0.1, 0.15) is 19.0 Å². The van der Waals surface area contributed by atoms with Crippen LogP contribution in [0.4, 0.5) is 5.88 Å². The summed E-state index contributed by atoms with van der Waals surface area (Å²) in [5.74, 6) is 1.74. The van der Waals surface area contributed by atoms with Gasteiger partial charge in [0.25, 0.3) is 0 Å². The number of furan rings is 1. The lowest BCUT2D eigenvalue weighted by Crippen LogP contribution is -2.16. The van der Waals surface area contributed by atoms with E-state index in [1.807, 2.05) is 31.2 Å². The minimum Gasteiger partial charge on any atom is -0.486 e. The zero-order valence-corrected chi connectivity index (χ0v) is 18.0. The summed E-state index contributed by atoms with van der Waals surface area (Å²) in [6, 6.07) is 15.5. The maximum atomic E-state index is 13.5. The van der Waals surface area contributed by atoms with Crippen LogP contribution in [0.5, 0.6) is 11.5 Å². The van der Waals surface area contributed by atoms with Gasteiger partial charge in [-0.3, -0.25) is 0 Å². The van der Waals surface area contributed by atoms with Gasteiger partial charge in [0.15, 0.2) is 11.5 Å². The molecule has 0 fully saturated rings. The topological polar surface area (TPSA) is 104 Å². The number of benzene rings is 2. The maximum Gasteiger partial charge on any atom is 0.234 e. The normalized spacial score (nSPS) is 13.2. The Kier molecular flexibility index (Phi) is 5.10. The number of nitrogens with one attached hydrogen (secondary N) is 1. The zero-order valence-electron chi connectivity index (χ0n) is 17.2. The Hall–Kier alpha value is -3.72. The third-order valence-corrected chi connectivity index (χ3v) is 6.64. The van der Waals surface area contributed by atoms with Gasteiger partial charge in [-0.05, 0) is 43.3 Å². The number of fused-ring (bicyclic) bond motifs is 1. The second-order valence-corrected chi connectivity index (χ2v) is 9.13. The molecule has 0 saturated heterocycles. The molecular weight excluding hydrogens is 432 g/mol. The molecule has 8 nitrogen and oxygen atoms in total. The van der Waals surface area contributed by atoms with Gasteiger partial charge in [0.2, 0.25) is 26.6 Å². The molecule has 1 aliphatic heterocycles. The number of anilines is 1. The summed E-state index contributed by atoms with van der Waals surface area (Å²) in [5, 5.41) is 2.79. The first-order valence-electron chi connectivity index (χ1n) is 9.99. The van der Waals surface area contributed by atoms with E-state index in [0.29, 0.717) is 36.0 Å². The lowest BCUT2D eigenvalue weighted by molar-refractivity contribution is 0.171. The molecule has 0 spiro atoms. The minimum atomic E-state index is -4.02. The fraction of sp³-hybridized carbons (Fsp3) is 0.174. The van der Waals surface area contributed by atoms with Crippen molar-refractivity contribution in [2.24, 2.45) is 0 Å². The predicted octanol–water partition coefficient (Wildman–Crippen LogP) is 4.46. The highest BCUT2D eigenvalue weighted by molar-refractivity contribution is 7.91. The molecule has 0 unspecified atom stereocenters. The molecule has 164 valence electrons. The maximum absolute atomic E-state index is 13.5. The fourth-order valence-electron chi connectivity index (χ4n) is 3.30. The molecule has 0 saturated carbocycles. The van der Waals surface area contributed by atoms with Crippen molar-refractivity contribution < 1.29 is 26.7 Å².